The Hall–Kier alpha value is -2.71. The molecule has 106 valence electrons. The molecule has 1 saturated heterocycles. The first kappa shape index (κ1) is 13.7. The molecule has 1 fully saturated rings. The first-order valence-electron chi connectivity index (χ1n) is 5.65. The zero-order valence-electron chi connectivity index (χ0n) is 10.1. The van der Waals surface area contributed by atoms with Crippen LogP contribution in [0.4, 0.5) is 20.6 Å². The topological polar surface area (TPSA) is 113 Å². The second-order valence-electron chi connectivity index (χ2n) is 4.17. The van der Waals surface area contributed by atoms with E-state index in [4.69, 9.17) is 5.11 Å². The monoisotopic (exact) mass is 283 g/mol. The molecule has 1 heterocycles. The molecule has 1 atom stereocenters. The molecule has 9 heteroatoms. The number of carboxylic acid groups (broad SMARTS) is 1. The maximum atomic E-state index is 13.8. The van der Waals surface area contributed by atoms with Crippen LogP contribution in [0.25, 0.3) is 0 Å². The minimum atomic E-state index is -1.34. The van der Waals surface area contributed by atoms with Crippen molar-refractivity contribution in [3.63, 3.8) is 0 Å². The summed E-state index contributed by atoms with van der Waals surface area (Å²) < 4.78 is 13.8. The molecule has 1 aromatic rings. The summed E-state index contributed by atoms with van der Waals surface area (Å²) in [5, 5.41) is 21.1. The van der Waals surface area contributed by atoms with Gasteiger partial charge in [0.05, 0.1) is 16.7 Å². The van der Waals surface area contributed by atoms with Crippen molar-refractivity contribution in [2.75, 3.05) is 11.4 Å². The Bertz CT molecular complexity index is 591. The molecule has 1 aliphatic heterocycles. The summed E-state index contributed by atoms with van der Waals surface area (Å²) in [5.41, 5.74) is -0.520. The fourth-order valence-electron chi connectivity index (χ4n) is 2.03. The molecule has 8 nitrogen and oxygen atoms in total. The average molecular weight is 283 g/mol. The molecule has 1 unspecified atom stereocenters. The third-order valence-electron chi connectivity index (χ3n) is 2.94. The van der Waals surface area contributed by atoms with Gasteiger partial charge in [0.2, 0.25) is 5.91 Å². The van der Waals surface area contributed by atoms with Crippen molar-refractivity contribution in [1.82, 2.24) is 5.32 Å². The SMILES string of the molecule is O=C(O)NC1CCN(c2ccc([N+](=O)[O-])cc2F)C1=O. The van der Waals surface area contributed by atoms with Gasteiger partial charge in [0.1, 0.15) is 6.04 Å². The van der Waals surface area contributed by atoms with Crippen molar-refractivity contribution in [3.05, 3.63) is 34.1 Å². The maximum Gasteiger partial charge on any atom is 0.405 e. The molecule has 0 spiro atoms. The first-order valence-corrected chi connectivity index (χ1v) is 5.65. The summed E-state index contributed by atoms with van der Waals surface area (Å²) in [4.78, 5) is 33.2. The van der Waals surface area contributed by atoms with E-state index in [1.54, 1.807) is 0 Å². The highest BCUT2D eigenvalue weighted by atomic mass is 19.1. The van der Waals surface area contributed by atoms with Gasteiger partial charge in [-0.1, -0.05) is 0 Å². The van der Waals surface area contributed by atoms with Gasteiger partial charge in [-0.2, -0.15) is 0 Å². The van der Waals surface area contributed by atoms with Gasteiger partial charge in [-0.05, 0) is 12.5 Å². The van der Waals surface area contributed by atoms with Crippen LogP contribution in [0.2, 0.25) is 0 Å². The number of amides is 2. The molecule has 2 rings (SSSR count). The highest BCUT2D eigenvalue weighted by Gasteiger charge is 2.35. The fraction of sp³-hybridized carbons (Fsp3) is 0.273. The minimum absolute atomic E-state index is 0.102. The number of nitro groups is 1. The van der Waals surface area contributed by atoms with Gasteiger partial charge in [-0.3, -0.25) is 14.9 Å². The number of nitrogens with one attached hydrogen (secondary N) is 1. The predicted octanol–water partition coefficient (Wildman–Crippen LogP) is 1.11. The normalized spacial score (nSPS) is 18.1. The smallest absolute Gasteiger partial charge is 0.405 e. The van der Waals surface area contributed by atoms with E-state index in [1.807, 2.05) is 5.32 Å². The molecular weight excluding hydrogens is 273 g/mol. The van der Waals surface area contributed by atoms with Crippen LogP contribution in [0.15, 0.2) is 18.2 Å². The second kappa shape index (κ2) is 5.11. The Morgan fingerprint density at radius 2 is 2.25 bits per heavy atom. The predicted molar refractivity (Wildman–Crippen MR) is 65.0 cm³/mol. The van der Waals surface area contributed by atoms with Gasteiger partial charge in [0.15, 0.2) is 5.82 Å². The van der Waals surface area contributed by atoms with Crippen LogP contribution < -0.4 is 10.2 Å². The number of nitro benzene ring substituents is 1. The molecule has 0 aliphatic carbocycles. The van der Waals surface area contributed by atoms with Gasteiger partial charge in [-0.25, -0.2) is 9.18 Å². The minimum Gasteiger partial charge on any atom is -0.465 e. The maximum absolute atomic E-state index is 13.8. The van der Waals surface area contributed by atoms with Gasteiger partial charge in [0.25, 0.3) is 5.69 Å². The number of benzene rings is 1. The number of hydrogen-bond donors (Lipinski definition) is 2. The van der Waals surface area contributed by atoms with Crippen molar-refractivity contribution in [1.29, 1.82) is 0 Å². The third-order valence-corrected chi connectivity index (χ3v) is 2.94. The summed E-state index contributed by atoms with van der Waals surface area (Å²) in [6.07, 6.45) is -1.13. The Kier molecular flexibility index (Phi) is 3.51. The Morgan fingerprint density at radius 1 is 1.55 bits per heavy atom. The number of carbonyl (C=O) groups excluding carboxylic acids is 1. The van der Waals surface area contributed by atoms with Crippen molar-refractivity contribution in [2.45, 2.75) is 12.5 Å². The second-order valence-corrected chi connectivity index (χ2v) is 4.17. The molecule has 1 aliphatic rings. The quantitative estimate of drug-likeness (QED) is 0.637. The molecule has 0 bridgehead atoms. The number of anilines is 1. The molecule has 0 aromatic heterocycles. The summed E-state index contributed by atoms with van der Waals surface area (Å²) >= 11 is 0. The number of carbonyl (C=O) groups is 2. The molecular formula is C11H10FN3O5. The lowest BCUT2D eigenvalue weighted by atomic mass is 10.2. The molecule has 2 N–H and O–H groups in total. The average Bonchev–Trinajstić information content (AvgIpc) is 2.70. The van der Waals surface area contributed by atoms with E-state index >= 15 is 0 Å². The van der Waals surface area contributed by atoms with Crippen LogP contribution in [0.5, 0.6) is 0 Å². The molecule has 0 saturated carbocycles. The van der Waals surface area contributed by atoms with E-state index in [2.05, 4.69) is 0 Å². The molecule has 20 heavy (non-hydrogen) atoms. The van der Waals surface area contributed by atoms with Gasteiger partial charge in [-0.15, -0.1) is 0 Å². The van der Waals surface area contributed by atoms with E-state index in [1.165, 1.54) is 0 Å². The van der Waals surface area contributed by atoms with Crippen molar-refractivity contribution in [2.24, 2.45) is 0 Å². The summed E-state index contributed by atoms with van der Waals surface area (Å²) in [6.45, 7) is 0.137. The molecule has 2 amide bonds. The zero-order valence-corrected chi connectivity index (χ0v) is 10.1. The molecule has 1 aromatic carbocycles. The van der Waals surface area contributed by atoms with Crippen molar-refractivity contribution >= 4 is 23.4 Å². The largest absolute Gasteiger partial charge is 0.465 e. The van der Waals surface area contributed by atoms with Crippen LogP contribution in [0.1, 0.15) is 6.42 Å². The van der Waals surface area contributed by atoms with Crippen LogP contribution in [-0.4, -0.2) is 34.6 Å². The summed E-state index contributed by atoms with van der Waals surface area (Å²) in [7, 11) is 0. The number of hydrogen-bond acceptors (Lipinski definition) is 4. The fourth-order valence-corrected chi connectivity index (χ4v) is 2.03. The summed E-state index contributed by atoms with van der Waals surface area (Å²) in [5.74, 6) is -1.48. The van der Waals surface area contributed by atoms with E-state index in [-0.39, 0.29) is 18.7 Å². The standard InChI is InChI=1S/C11H10FN3O5/c12-7-5-6(15(19)20)1-2-9(7)14-4-3-8(10(14)16)13-11(17)18/h1-2,5,8,13H,3-4H2,(H,17,18). The highest BCUT2D eigenvalue weighted by molar-refractivity contribution is 6.00. The van der Waals surface area contributed by atoms with E-state index in [9.17, 15) is 24.1 Å². The van der Waals surface area contributed by atoms with Gasteiger partial charge >= 0.3 is 6.09 Å². The first-order chi connectivity index (χ1) is 9.40. The number of rotatable bonds is 3. The van der Waals surface area contributed by atoms with Crippen molar-refractivity contribution in [3.8, 4) is 0 Å². The van der Waals surface area contributed by atoms with E-state index in [0.29, 0.717) is 0 Å². The Balaban J connectivity index is 2.23. The van der Waals surface area contributed by atoms with Crippen LogP contribution >= 0.6 is 0 Å². The number of halogens is 1. The third kappa shape index (κ3) is 2.51. The Morgan fingerprint density at radius 3 is 2.80 bits per heavy atom. The summed E-state index contributed by atoms with van der Waals surface area (Å²) in [6, 6.07) is 2.01. The lowest BCUT2D eigenvalue weighted by Gasteiger charge is -2.17. The number of nitrogens with zero attached hydrogens (tertiary/aromatic N) is 2. The van der Waals surface area contributed by atoms with E-state index < -0.39 is 34.5 Å². The lowest BCUT2D eigenvalue weighted by molar-refractivity contribution is -0.385. The van der Waals surface area contributed by atoms with Crippen LogP contribution in [0, 0.1) is 15.9 Å². The zero-order chi connectivity index (χ0) is 14.9. The van der Waals surface area contributed by atoms with Gasteiger partial charge < -0.3 is 15.3 Å². The lowest BCUT2D eigenvalue weighted by Crippen LogP contribution is -2.41. The van der Waals surface area contributed by atoms with Crippen molar-refractivity contribution < 1.29 is 24.0 Å². The Labute approximate surface area is 111 Å². The number of non-ortho nitro benzene ring substituents is 1. The van der Waals surface area contributed by atoms with Crippen LogP contribution in [-0.2, 0) is 4.79 Å². The van der Waals surface area contributed by atoms with E-state index in [0.717, 1.165) is 23.1 Å². The van der Waals surface area contributed by atoms with Gasteiger partial charge in [0, 0.05) is 12.6 Å². The highest BCUT2D eigenvalue weighted by Crippen LogP contribution is 2.27. The molecule has 0 radical (unpaired) electrons. The van der Waals surface area contributed by atoms with Crippen LogP contribution in [0.3, 0.4) is 0 Å².